The van der Waals surface area contributed by atoms with Gasteiger partial charge in [0.05, 0.1) is 18.1 Å². The summed E-state index contributed by atoms with van der Waals surface area (Å²) in [6.07, 6.45) is 5.21. The van der Waals surface area contributed by atoms with E-state index in [2.05, 4.69) is 17.4 Å². The highest BCUT2D eigenvalue weighted by Crippen LogP contribution is 2.51. The van der Waals surface area contributed by atoms with Crippen molar-refractivity contribution in [2.75, 3.05) is 6.54 Å². The zero-order valence-electron chi connectivity index (χ0n) is 17.3. The predicted molar refractivity (Wildman–Crippen MR) is 109 cm³/mol. The molecule has 0 spiro atoms. The molecule has 3 aliphatic heterocycles. The van der Waals surface area contributed by atoms with E-state index in [-0.39, 0.29) is 52.8 Å². The highest BCUT2D eigenvalue weighted by molar-refractivity contribution is 8.03. The van der Waals surface area contributed by atoms with E-state index in [1.165, 1.54) is 10.5 Å². The average molecular weight is 545 g/mol. The lowest BCUT2D eigenvalue weighted by Gasteiger charge is -2.46. The molecule has 3 N–H and O–H groups in total. The molecule has 0 aromatic carbocycles. The van der Waals surface area contributed by atoms with Gasteiger partial charge in [-0.3, -0.25) is 4.79 Å². The maximum absolute atomic E-state index is 12.5. The largest absolute Gasteiger partial charge is 1.00 e. The van der Waals surface area contributed by atoms with Gasteiger partial charge in [0.2, 0.25) is 5.91 Å². The minimum atomic E-state index is -1.06. The van der Waals surface area contributed by atoms with Crippen molar-refractivity contribution in [3.8, 4) is 0 Å². The number of carbonyl (C=O) groups is 2. The number of hydrogen-bond donors (Lipinski definition) is 3. The molecule has 0 radical (unpaired) electrons. The Bertz CT molecular complexity index is 860. The minimum absolute atomic E-state index is 0. The van der Waals surface area contributed by atoms with Gasteiger partial charge in [0, 0.05) is 40.8 Å². The van der Waals surface area contributed by atoms with Gasteiger partial charge in [0.15, 0.2) is 12.4 Å². The maximum Gasteiger partial charge on any atom is 0.353 e. The van der Waals surface area contributed by atoms with Crippen LogP contribution in [0.4, 0.5) is 0 Å². The fourth-order valence-corrected chi connectivity index (χ4v) is 6.36. The number of aliphatic carboxylic acids is 1. The van der Waals surface area contributed by atoms with Crippen molar-refractivity contribution in [2.24, 2.45) is 18.9 Å². The number of aryl methyl sites for hydroxylation is 1. The van der Waals surface area contributed by atoms with Crippen LogP contribution in [0.5, 0.6) is 0 Å². The number of aromatic nitrogens is 1. The number of nitrogens with zero attached hydrogens (tertiary/aromatic N) is 2. The second kappa shape index (κ2) is 9.13. The number of carbonyl (C=O) groups excluding carboxylic acids is 1. The summed E-state index contributed by atoms with van der Waals surface area (Å²) in [6, 6.07) is 4.36. The van der Waals surface area contributed by atoms with Crippen molar-refractivity contribution in [3.05, 3.63) is 40.7 Å². The fourth-order valence-electron chi connectivity index (χ4n) is 4.84. The van der Waals surface area contributed by atoms with Crippen LogP contribution in [-0.2, 0) is 23.1 Å². The molecule has 9 heteroatoms. The second-order valence-corrected chi connectivity index (χ2v) is 9.77. The summed E-state index contributed by atoms with van der Waals surface area (Å²) < 4.78 is 2.01. The number of amides is 1. The number of nitrogens with one attached hydrogen (secondary N) is 1. The van der Waals surface area contributed by atoms with Gasteiger partial charge in [-0.15, -0.1) is 11.8 Å². The Morgan fingerprint density at radius 2 is 2.07 bits per heavy atom. The number of aliphatic hydroxyl groups excluding tert-OH is 1. The number of pyridine rings is 1. The summed E-state index contributed by atoms with van der Waals surface area (Å²) in [7, 11) is 2.00. The van der Waals surface area contributed by atoms with Gasteiger partial charge in [-0.05, 0) is 25.3 Å². The third kappa shape index (κ3) is 4.13. The number of halogens is 1. The van der Waals surface area contributed by atoms with Crippen molar-refractivity contribution < 1.29 is 48.3 Å². The second-order valence-electron chi connectivity index (χ2n) is 8.43. The van der Waals surface area contributed by atoms with Crippen LogP contribution < -0.4 is 33.9 Å². The lowest BCUT2D eigenvalue weighted by Crippen LogP contribution is -3.00. The molecule has 7 nitrogen and oxygen atoms in total. The molecule has 30 heavy (non-hydrogen) atoms. The molecular weight excluding hydrogens is 517 g/mol. The van der Waals surface area contributed by atoms with Crippen LogP contribution >= 0.6 is 11.8 Å². The molecule has 1 amide bonds. The molecular formula is C21H28IN3O4S. The molecule has 4 rings (SSSR count). The predicted octanol–water partition coefficient (Wildman–Crippen LogP) is -2.32. The zero-order valence-corrected chi connectivity index (χ0v) is 20.3. The smallest absolute Gasteiger partial charge is 0.353 e. The van der Waals surface area contributed by atoms with E-state index in [0.717, 1.165) is 24.3 Å². The molecule has 4 heterocycles. The first-order valence-corrected chi connectivity index (χ1v) is 11.0. The molecule has 0 saturated carbocycles. The van der Waals surface area contributed by atoms with Gasteiger partial charge in [0.25, 0.3) is 0 Å². The van der Waals surface area contributed by atoms with E-state index >= 15 is 0 Å². The van der Waals surface area contributed by atoms with Crippen LogP contribution in [0.1, 0.15) is 25.8 Å². The summed E-state index contributed by atoms with van der Waals surface area (Å²) >= 11 is 1.60. The highest BCUT2D eigenvalue weighted by Gasteiger charge is 2.60. The van der Waals surface area contributed by atoms with Crippen LogP contribution in [0.25, 0.3) is 0 Å². The lowest BCUT2D eigenvalue weighted by molar-refractivity contribution is -0.671. The number of rotatable bonds is 6. The molecule has 0 aliphatic carbocycles. The van der Waals surface area contributed by atoms with Crippen molar-refractivity contribution in [1.82, 2.24) is 10.2 Å². The average Bonchev–Trinajstić information content (AvgIpc) is 3.18. The van der Waals surface area contributed by atoms with Gasteiger partial charge in [-0.1, -0.05) is 6.92 Å². The van der Waals surface area contributed by atoms with E-state index in [1.807, 2.05) is 30.9 Å². The monoisotopic (exact) mass is 545 g/mol. The van der Waals surface area contributed by atoms with Gasteiger partial charge in [-0.25, -0.2) is 9.36 Å². The third-order valence-corrected chi connectivity index (χ3v) is 7.83. The Morgan fingerprint density at radius 1 is 1.40 bits per heavy atom. The van der Waals surface area contributed by atoms with E-state index in [4.69, 9.17) is 0 Å². The molecule has 2 saturated heterocycles. The van der Waals surface area contributed by atoms with Crippen molar-refractivity contribution >= 4 is 23.6 Å². The van der Waals surface area contributed by atoms with Crippen molar-refractivity contribution in [3.63, 3.8) is 0 Å². The SMILES string of the molecule is C[C@@H](O)[C@H]1C(=O)N2C(C(=O)O)=C(S[C@@H]3CNC(Cc4cc[n+](C)cc4)C3)[C@H](C)[C@H]12.[I-]. The number of hydrogen-bond acceptors (Lipinski definition) is 5. The molecule has 1 aromatic heterocycles. The summed E-state index contributed by atoms with van der Waals surface area (Å²) in [5.74, 6) is -1.91. The van der Waals surface area contributed by atoms with Crippen molar-refractivity contribution in [2.45, 2.75) is 50.1 Å². The highest BCUT2D eigenvalue weighted by atomic mass is 127. The minimum Gasteiger partial charge on any atom is -1.00 e. The normalized spacial score (nSPS) is 31.3. The van der Waals surface area contributed by atoms with Crippen LogP contribution in [0, 0.1) is 11.8 Å². The number of β-lactam (4-membered cyclic amide) rings is 1. The van der Waals surface area contributed by atoms with E-state index in [0.29, 0.717) is 6.04 Å². The summed E-state index contributed by atoms with van der Waals surface area (Å²) in [5.41, 5.74) is 1.40. The van der Waals surface area contributed by atoms with Gasteiger partial charge in [-0.2, -0.15) is 0 Å². The van der Waals surface area contributed by atoms with Gasteiger partial charge in [0.1, 0.15) is 12.7 Å². The zero-order chi connectivity index (χ0) is 20.9. The number of carboxylic acid groups (broad SMARTS) is 1. The van der Waals surface area contributed by atoms with Crippen LogP contribution in [-0.4, -0.2) is 57.0 Å². The van der Waals surface area contributed by atoms with Crippen LogP contribution in [0.2, 0.25) is 0 Å². The van der Waals surface area contributed by atoms with E-state index < -0.39 is 18.0 Å². The fraction of sp³-hybridized carbons (Fsp3) is 0.571. The lowest BCUT2D eigenvalue weighted by atomic mass is 9.79. The summed E-state index contributed by atoms with van der Waals surface area (Å²) in [5, 5.41) is 23.6. The number of aliphatic hydroxyl groups is 1. The Balaban J connectivity index is 0.00000256. The number of fused-ring (bicyclic) bond motifs is 1. The Labute approximate surface area is 197 Å². The maximum atomic E-state index is 12.5. The van der Waals surface area contributed by atoms with Crippen LogP contribution in [0.15, 0.2) is 35.1 Å². The molecule has 6 atom stereocenters. The molecule has 1 aromatic rings. The van der Waals surface area contributed by atoms with Crippen LogP contribution in [0.3, 0.4) is 0 Å². The number of thioether (sulfide) groups is 1. The third-order valence-electron chi connectivity index (χ3n) is 6.32. The van der Waals surface area contributed by atoms with Gasteiger partial charge >= 0.3 is 5.97 Å². The molecule has 1 unspecified atom stereocenters. The summed E-state index contributed by atoms with van der Waals surface area (Å²) in [6.45, 7) is 4.40. The Hall–Kier alpha value is -1.17. The van der Waals surface area contributed by atoms with E-state index in [9.17, 15) is 19.8 Å². The Morgan fingerprint density at radius 3 is 2.67 bits per heavy atom. The molecule has 3 aliphatic rings. The topological polar surface area (TPSA) is 93.8 Å². The molecule has 2 fully saturated rings. The quantitative estimate of drug-likeness (QED) is 0.211. The van der Waals surface area contributed by atoms with Gasteiger partial charge < -0.3 is 44.4 Å². The first-order chi connectivity index (χ1) is 13.8. The number of carboxylic acids is 1. The Kier molecular flexibility index (Phi) is 7.15. The summed E-state index contributed by atoms with van der Waals surface area (Å²) in [4.78, 5) is 26.6. The molecule has 164 valence electrons. The molecule has 0 bridgehead atoms. The van der Waals surface area contributed by atoms with E-state index in [1.54, 1.807) is 18.7 Å². The first kappa shape index (κ1) is 23.5. The standard InChI is InChI=1S/C21H27N3O4S.HI/c1-11-17-16(12(2)25)20(26)24(17)18(21(27)28)19(11)29-15-9-14(22-10-15)8-13-4-6-23(3)7-5-13;/h4-7,11-12,14-17,22,25H,8-10H2,1-3H3;1H/t11-,12-,14?,15+,16-,17-;/m1./s1. The first-order valence-electron chi connectivity index (χ1n) is 10.1. The van der Waals surface area contributed by atoms with Crippen molar-refractivity contribution in [1.29, 1.82) is 0 Å².